The van der Waals surface area contributed by atoms with E-state index in [1.807, 2.05) is 0 Å². The summed E-state index contributed by atoms with van der Waals surface area (Å²) in [5.41, 5.74) is 2.09. The Bertz CT molecular complexity index is 647. The molecule has 1 heterocycles. The molecule has 0 atom stereocenters. The van der Waals surface area contributed by atoms with Crippen LogP contribution in [0.15, 0.2) is 24.3 Å². The number of carboxylic acid groups (broad SMARTS) is 1. The van der Waals surface area contributed by atoms with Gasteiger partial charge in [0.2, 0.25) is 0 Å². The minimum atomic E-state index is -0.962. The molecule has 0 aliphatic heterocycles. The molecule has 1 aromatic heterocycles. The van der Waals surface area contributed by atoms with Crippen LogP contribution in [-0.4, -0.2) is 21.3 Å². The highest BCUT2D eigenvalue weighted by Gasteiger charge is 2.09. The van der Waals surface area contributed by atoms with Crippen LogP contribution in [0, 0.1) is 6.92 Å². The van der Waals surface area contributed by atoms with Crippen LogP contribution in [0.4, 0.5) is 11.4 Å². The lowest BCUT2D eigenvalue weighted by atomic mass is 10.1. The van der Waals surface area contributed by atoms with Gasteiger partial charge in [-0.3, -0.25) is 0 Å². The molecule has 0 bridgehead atoms. The van der Waals surface area contributed by atoms with E-state index in [9.17, 15) is 4.79 Å². The van der Waals surface area contributed by atoms with Crippen molar-refractivity contribution in [1.29, 1.82) is 0 Å². The first-order valence-corrected chi connectivity index (χ1v) is 6.02. The van der Waals surface area contributed by atoms with Gasteiger partial charge in [0.05, 0.1) is 11.3 Å². The number of carbonyl (C=O) groups is 1. The summed E-state index contributed by atoms with van der Waals surface area (Å²) in [4.78, 5) is 10.9. The monoisotopic (exact) mass is 297 g/mol. The van der Waals surface area contributed by atoms with Crippen LogP contribution in [-0.2, 0) is 0 Å². The number of hydrogen-bond acceptors (Lipinski definition) is 4. The molecule has 1 aromatic carbocycles. The van der Waals surface area contributed by atoms with Gasteiger partial charge in [-0.15, -0.1) is 10.2 Å². The SMILES string of the molecule is Cc1cc(Nc2cc(Cl)nnc2Cl)ccc1C(=O)O. The Labute approximate surface area is 119 Å². The summed E-state index contributed by atoms with van der Waals surface area (Å²) in [6, 6.07) is 6.40. The number of aryl methyl sites for hydroxylation is 1. The van der Waals surface area contributed by atoms with Crippen molar-refractivity contribution in [2.24, 2.45) is 0 Å². The fraction of sp³-hybridized carbons (Fsp3) is 0.0833. The predicted octanol–water partition coefficient (Wildman–Crippen LogP) is 3.53. The second-order valence-electron chi connectivity index (χ2n) is 3.83. The molecular formula is C12H9Cl2N3O2. The number of aromatic carboxylic acids is 1. The average Bonchev–Trinajstić information content (AvgIpc) is 2.33. The Balaban J connectivity index is 2.31. The van der Waals surface area contributed by atoms with Crippen molar-refractivity contribution in [3.63, 3.8) is 0 Å². The van der Waals surface area contributed by atoms with E-state index < -0.39 is 5.97 Å². The summed E-state index contributed by atoms with van der Waals surface area (Å²) in [6.07, 6.45) is 0. The zero-order chi connectivity index (χ0) is 14.0. The van der Waals surface area contributed by atoms with Crippen LogP contribution in [0.5, 0.6) is 0 Å². The Kier molecular flexibility index (Phi) is 3.87. The predicted molar refractivity (Wildman–Crippen MR) is 73.5 cm³/mol. The first kappa shape index (κ1) is 13.6. The van der Waals surface area contributed by atoms with Gasteiger partial charge in [0.1, 0.15) is 0 Å². The molecule has 0 spiro atoms. The molecule has 0 saturated heterocycles. The molecule has 0 radical (unpaired) electrons. The zero-order valence-corrected chi connectivity index (χ0v) is 11.3. The summed E-state index contributed by atoms with van der Waals surface area (Å²) in [5, 5.41) is 19.6. The van der Waals surface area contributed by atoms with E-state index in [0.29, 0.717) is 16.9 Å². The van der Waals surface area contributed by atoms with E-state index in [1.54, 1.807) is 19.1 Å². The minimum absolute atomic E-state index is 0.185. The summed E-state index contributed by atoms with van der Waals surface area (Å²) in [7, 11) is 0. The zero-order valence-electron chi connectivity index (χ0n) is 9.82. The van der Waals surface area contributed by atoms with Crippen molar-refractivity contribution >= 4 is 40.5 Å². The second kappa shape index (κ2) is 5.42. The summed E-state index contributed by atoms with van der Waals surface area (Å²) in [5.74, 6) is -0.962. The van der Waals surface area contributed by atoms with Crippen LogP contribution < -0.4 is 5.32 Å². The second-order valence-corrected chi connectivity index (χ2v) is 4.58. The van der Waals surface area contributed by atoms with Crippen LogP contribution in [0.25, 0.3) is 0 Å². The van der Waals surface area contributed by atoms with Gasteiger partial charge in [-0.1, -0.05) is 23.2 Å². The van der Waals surface area contributed by atoms with Gasteiger partial charge in [-0.2, -0.15) is 0 Å². The van der Waals surface area contributed by atoms with Crippen LogP contribution in [0.2, 0.25) is 10.3 Å². The molecule has 0 fully saturated rings. The number of anilines is 2. The molecule has 98 valence electrons. The third-order valence-corrected chi connectivity index (χ3v) is 2.92. The Hall–Kier alpha value is -1.85. The minimum Gasteiger partial charge on any atom is -0.478 e. The molecule has 2 aromatic rings. The molecule has 0 unspecified atom stereocenters. The smallest absolute Gasteiger partial charge is 0.335 e. The number of carboxylic acids is 1. The highest BCUT2D eigenvalue weighted by atomic mass is 35.5. The Morgan fingerprint density at radius 1 is 1.26 bits per heavy atom. The van der Waals surface area contributed by atoms with E-state index in [0.717, 1.165) is 0 Å². The third kappa shape index (κ3) is 3.13. The van der Waals surface area contributed by atoms with E-state index in [4.69, 9.17) is 28.3 Å². The number of rotatable bonds is 3. The molecule has 0 aliphatic carbocycles. The van der Waals surface area contributed by atoms with Gasteiger partial charge in [-0.25, -0.2) is 4.79 Å². The molecule has 2 rings (SSSR count). The quantitative estimate of drug-likeness (QED) is 0.906. The van der Waals surface area contributed by atoms with Crippen molar-refractivity contribution in [1.82, 2.24) is 10.2 Å². The van der Waals surface area contributed by atoms with E-state index in [2.05, 4.69) is 15.5 Å². The molecule has 7 heteroatoms. The molecule has 5 nitrogen and oxygen atoms in total. The van der Waals surface area contributed by atoms with Gasteiger partial charge in [0.15, 0.2) is 10.3 Å². The highest BCUT2D eigenvalue weighted by Crippen LogP contribution is 2.26. The molecule has 2 N–H and O–H groups in total. The summed E-state index contributed by atoms with van der Waals surface area (Å²) >= 11 is 11.6. The standard InChI is InChI=1S/C12H9Cl2N3O2/c1-6-4-7(2-3-8(6)12(18)19)15-9-5-10(13)16-17-11(9)14/h2-5H,1H3,(H,15,16)(H,18,19). The highest BCUT2D eigenvalue weighted by molar-refractivity contribution is 6.33. The van der Waals surface area contributed by atoms with Gasteiger partial charge in [0.25, 0.3) is 0 Å². The Morgan fingerprint density at radius 2 is 2.00 bits per heavy atom. The van der Waals surface area contributed by atoms with Crippen molar-refractivity contribution in [3.05, 3.63) is 45.7 Å². The lowest BCUT2D eigenvalue weighted by molar-refractivity contribution is 0.0696. The number of aromatic nitrogens is 2. The van der Waals surface area contributed by atoms with Crippen molar-refractivity contribution < 1.29 is 9.90 Å². The first-order valence-electron chi connectivity index (χ1n) is 5.27. The largest absolute Gasteiger partial charge is 0.478 e. The van der Waals surface area contributed by atoms with Gasteiger partial charge in [-0.05, 0) is 30.7 Å². The van der Waals surface area contributed by atoms with Gasteiger partial charge >= 0.3 is 5.97 Å². The van der Waals surface area contributed by atoms with Crippen molar-refractivity contribution in [2.45, 2.75) is 6.92 Å². The third-order valence-electron chi connectivity index (χ3n) is 2.45. The van der Waals surface area contributed by atoms with Gasteiger partial charge < -0.3 is 10.4 Å². The fourth-order valence-electron chi connectivity index (χ4n) is 1.58. The number of halogens is 2. The lowest BCUT2D eigenvalue weighted by Gasteiger charge is -2.09. The summed E-state index contributed by atoms with van der Waals surface area (Å²) < 4.78 is 0. The molecular weight excluding hydrogens is 289 g/mol. The number of nitrogens with one attached hydrogen (secondary N) is 1. The molecule has 0 amide bonds. The maximum atomic E-state index is 10.9. The molecule has 19 heavy (non-hydrogen) atoms. The van der Waals surface area contributed by atoms with Crippen molar-refractivity contribution in [2.75, 3.05) is 5.32 Å². The molecule has 0 saturated carbocycles. The van der Waals surface area contributed by atoms with Crippen molar-refractivity contribution in [3.8, 4) is 0 Å². The molecule has 0 aliphatic rings. The normalized spacial score (nSPS) is 10.3. The van der Waals surface area contributed by atoms with E-state index in [-0.39, 0.29) is 15.9 Å². The number of hydrogen-bond donors (Lipinski definition) is 2. The van der Waals surface area contributed by atoms with E-state index in [1.165, 1.54) is 12.1 Å². The summed E-state index contributed by atoms with van der Waals surface area (Å²) in [6.45, 7) is 1.72. The van der Waals surface area contributed by atoms with Crippen LogP contribution in [0.1, 0.15) is 15.9 Å². The number of nitrogens with zero attached hydrogens (tertiary/aromatic N) is 2. The average molecular weight is 298 g/mol. The number of benzene rings is 1. The topological polar surface area (TPSA) is 75.1 Å². The maximum Gasteiger partial charge on any atom is 0.335 e. The first-order chi connectivity index (χ1) is 8.97. The van der Waals surface area contributed by atoms with Crippen LogP contribution >= 0.6 is 23.2 Å². The van der Waals surface area contributed by atoms with Gasteiger partial charge in [0, 0.05) is 11.8 Å². The maximum absolute atomic E-state index is 10.9. The van der Waals surface area contributed by atoms with Crippen LogP contribution in [0.3, 0.4) is 0 Å². The Morgan fingerprint density at radius 3 is 2.63 bits per heavy atom. The lowest BCUT2D eigenvalue weighted by Crippen LogP contribution is -2.01. The fourth-order valence-corrected chi connectivity index (χ4v) is 1.86. The van der Waals surface area contributed by atoms with E-state index >= 15 is 0 Å².